The van der Waals surface area contributed by atoms with Crippen molar-refractivity contribution in [1.82, 2.24) is 0 Å². The van der Waals surface area contributed by atoms with Crippen LogP contribution in [0.4, 0.5) is 8.78 Å². The lowest BCUT2D eigenvalue weighted by Gasteiger charge is -2.28. The average molecular weight is 148 g/mol. The molecule has 0 aromatic rings. The van der Waals surface area contributed by atoms with Gasteiger partial charge in [0.25, 0.3) is 0 Å². The smallest absolute Gasteiger partial charge is 0.261 e. The first-order chi connectivity index (χ1) is 4.63. The number of hydrogen-bond donors (Lipinski definition) is 0. The SMILES string of the molecule is O=C(F)C1CCC1C(=O)F. The van der Waals surface area contributed by atoms with Gasteiger partial charge in [0.05, 0.1) is 11.8 Å². The van der Waals surface area contributed by atoms with Crippen LogP contribution in [-0.4, -0.2) is 12.1 Å². The summed E-state index contributed by atoms with van der Waals surface area (Å²) in [4.78, 5) is 19.9. The zero-order valence-electron chi connectivity index (χ0n) is 5.14. The Balaban J connectivity index is 2.51. The van der Waals surface area contributed by atoms with Gasteiger partial charge in [-0.1, -0.05) is 0 Å². The first kappa shape index (κ1) is 7.31. The number of carbonyl (C=O) groups is 2. The van der Waals surface area contributed by atoms with E-state index in [0.717, 1.165) is 0 Å². The highest BCUT2D eigenvalue weighted by Gasteiger charge is 2.41. The van der Waals surface area contributed by atoms with Crippen LogP contribution in [0, 0.1) is 11.8 Å². The van der Waals surface area contributed by atoms with Crippen molar-refractivity contribution in [1.29, 1.82) is 0 Å². The molecule has 56 valence electrons. The van der Waals surface area contributed by atoms with Crippen LogP contribution in [0.3, 0.4) is 0 Å². The van der Waals surface area contributed by atoms with Crippen LogP contribution in [0.15, 0.2) is 0 Å². The first-order valence-corrected chi connectivity index (χ1v) is 3.01. The fraction of sp³-hybridized carbons (Fsp3) is 0.667. The van der Waals surface area contributed by atoms with E-state index in [1.807, 2.05) is 0 Å². The molecule has 1 fully saturated rings. The van der Waals surface area contributed by atoms with Gasteiger partial charge < -0.3 is 0 Å². The lowest BCUT2D eigenvalue weighted by atomic mass is 9.74. The second-order valence-electron chi connectivity index (χ2n) is 2.40. The Kier molecular flexibility index (Phi) is 1.78. The summed E-state index contributed by atoms with van der Waals surface area (Å²) in [6.07, 6.45) is 0.602. The Morgan fingerprint density at radius 1 is 1.00 bits per heavy atom. The maximum absolute atomic E-state index is 11.8. The highest BCUT2D eigenvalue weighted by atomic mass is 19.1. The summed E-state index contributed by atoms with van der Waals surface area (Å²) in [5, 5.41) is 0. The normalized spacial score (nSPS) is 31.0. The van der Waals surface area contributed by atoms with Gasteiger partial charge in [0.2, 0.25) is 0 Å². The zero-order valence-corrected chi connectivity index (χ0v) is 5.14. The van der Waals surface area contributed by atoms with Crippen molar-refractivity contribution < 1.29 is 18.4 Å². The summed E-state index contributed by atoms with van der Waals surface area (Å²) in [6, 6.07) is -3.13. The third kappa shape index (κ3) is 1.05. The second kappa shape index (κ2) is 2.44. The highest BCUT2D eigenvalue weighted by molar-refractivity contribution is 5.82. The van der Waals surface area contributed by atoms with Gasteiger partial charge in [0.15, 0.2) is 0 Å². The molecule has 2 nitrogen and oxygen atoms in total. The second-order valence-corrected chi connectivity index (χ2v) is 2.40. The van der Waals surface area contributed by atoms with Crippen molar-refractivity contribution in [2.45, 2.75) is 12.8 Å². The van der Waals surface area contributed by atoms with E-state index in [1.165, 1.54) is 0 Å². The van der Waals surface area contributed by atoms with Gasteiger partial charge >= 0.3 is 12.1 Å². The minimum atomic E-state index is -1.57. The maximum Gasteiger partial charge on any atom is 0.305 e. The van der Waals surface area contributed by atoms with E-state index in [1.54, 1.807) is 0 Å². The van der Waals surface area contributed by atoms with Gasteiger partial charge in [-0.15, -0.1) is 0 Å². The van der Waals surface area contributed by atoms with Gasteiger partial charge in [-0.3, -0.25) is 9.59 Å². The largest absolute Gasteiger partial charge is 0.305 e. The van der Waals surface area contributed by atoms with Gasteiger partial charge in [-0.25, -0.2) is 0 Å². The first-order valence-electron chi connectivity index (χ1n) is 3.01. The zero-order chi connectivity index (χ0) is 7.72. The quantitative estimate of drug-likeness (QED) is 0.547. The average Bonchev–Trinajstić information content (AvgIpc) is 1.56. The monoisotopic (exact) mass is 148 g/mol. The molecule has 1 saturated carbocycles. The minimum Gasteiger partial charge on any atom is -0.261 e. The Hall–Kier alpha value is -0.800. The fourth-order valence-corrected chi connectivity index (χ4v) is 1.04. The molecule has 4 heteroatoms. The van der Waals surface area contributed by atoms with Crippen LogP contribution in [0.5, 0.6) is 0 Å². The van der Waals surface area contributed by atoms with Crippen LogP contribution in [0.2, 0.25) is 0 Å². The van der Waals surface area contributed by atoms with Crippen LogP contribution in [-0.2, 0) is 9.59 Å². The maximum atomic E-state index is 11.8. The van der Waals surface area contributed by atoms with Gasteiger partial charge in [-0.05, 0) is 12.8 Å². The molecule has 0 aromatic heterocycles. The van der Waals surface area contributed by atoms with E-state index in [9.17, 15) is 18.4 Å². The standard InChI is InChI=1S/C6H6F2O2/c7-5(9)3-1-2-4(3)6(8)10/h3-4H,1-2H2. The summed E-state index contributed by atoms with van der Waals surface area (Å²) in [7, 11) is 0. The molecule has 0 radical (unpaired) electrons. The van der Waals surface area contributed by atoms with Gasteiger partial charge in [0, 0.05) is 0 Å². The highest BCUT2D eigenvalue weighted by Crippen LogP contribution is 2.36. The third-order valence-electron chi connectivity index (χ3n) is 1.86. The Bertz CT molecular complexity index is 159. The molecule has 0 spiro atoms. The molecule has 1 rings (SSSR count). The topological polar surface area (TPSA) is 34.1 Å². The van der Waals surface area contributed by atoms with Crippen molar-refractivity contribution in [3.05, 3.63) is 0 Å². The molecule has 1 aliphatic rings. The minimum absolute atomic E-state index is 0.301. The van der Waals surface area contributed by atoms with E-state index in [-0.39, 0.29) is 0 Å². The van der Waals surface area contributed by atoms with E-state index >= 15 is 0 Å². The predicted molar refractivity (Wildman–Crippen MR) is 28.4 cm³/mol. The number of halogens is 2. The molecule has 0 aromatic carbocycles. The van der Waals surface area contributed by atoms with Crippen LogP contribution in [0.25, 0.3) is 0 Å². The Morgan fingerprint density at radius 2 is 1.30 bits per heavy atom. The lowest BCUT2D eigenvalue weighted by Crippen LogP contribution is -2.35. The number of hydrogen-bond acceptors (Lipinski definition) is 2. The molecule has 0 amide bonds. The molecule has 10 heavy (non-hydrogen) atoms. The molecule has 0 N–H and O–H groups in total. The molecule has 0 bridgehead atoms. The number of carbonyl (C=O) groups excluding carboxylic acids is 2. The summed E-state index contributed by atoms with van der Waals surface area (Å²) >= 11 is 0. The Morgan fingerprint density at radius 3 is 1.40 bits per heavy atom. The molecule has 2 atom stereocenters. The molecular formula is C6H6F2O2. The summed E-state index contributed by atoms with van der Waals surface area (Å²) in [5.41, 5.74) is 0. The molecule has 0 saturated heterocycles. The van der Waals surface area contributed by atoms with E-state index in [0.29, 0.717) is 12.8 Å². The van der Waals surface area contributed by atoms with Crippen molar-refractivity contribution in [2.75, 3.05) is 0 Å². The Labute approximate surface area is 56.2 Å². The van der Waals surface area contributed by atoms with Crippen molar-refractivity contribution >= 4 is 12.1 Å². The molecule has 1 aliphatic carbocycles. The van der Waals surface area contributed by atoms with Crippen molar-refractivity contribution in [2.24, 2.45) is 11.8 Å². The fourth-order valence-electron chi connectivity index (χ4n) is 1.04. The third-order valence-corrected chi connectivity index (χ3v) is 1.86. The van der Waals surface area contributed by atoms with Crippen LogP contribution in [0.1, 0.15) is 12.8 Å². The lowest BCUT2D eigenvalue weighted by molar-refractivity contribution is -0.150. The summed E-state index contributed by atoms with van der Waals surface area (Å²) in [6.45, 7) is 0. The molecule has 0 aliphatic heterocycles. The summed E-state index contributed by atoms with van der Waals surface area (Å²) in [5.74, 6) is -1.98. The van der Waals surface area contributed by atoms with Crippen LogP contribution < -0.4 is 0 Å². The van der Waals surface area contributed by atoms with Crippen molar-refractivity contribution in [3.63, 3.8) is 0 Å². The predicted octanol–water partition coefficient (Wildman–Crippen LogP) is 1.00. The van der Waals surface area contributed by atoms with E-state index in [2.05, 4.69) is 0 Å². The van der Waals surface area contributed by atoms with Crippen molar-refractivity contribution in [3.8, 4) is 0 Å². The summed E-state index contributed by atoms with van der Waals surface area (Å²) < 4.78 is 23.6. The van der Waals surface area contributed by atoms with E-state index in [4.69, 9.17) is 0 Å². The van der Waals surface area contributed by atoms with Crippen LogP contribution >= 0.6 is 0 Å². The van der Waals surface area contributed by atoms with Gasteiger partial charge in [-0.2, -0.15) is 8.78 Å². The molecular weight excluding hydrogens is 142 g/mol. The van der Waals surface area contributed by atoms with Gasteiger partial charge in [0.1, 0.15) is 0 Å². The number of rotatable bonds is 2. The van der Waals surface area contributed by atoms with E-state index < -0.39 is 23.9 Å². The molecule has 2 unspecified atom stereocenters. The molecule has 0 heterocycles.